The summed E-state index contributed by atoms with van der Waals surface area (Å²) < 4.78 is 7.12. The second kappa shape index (κ2) is 9.72. The maximum atomic E-state index is 13.1. The molecule has 0 spiro atoms. The van der Waals surface area contributed by atoms with E-state index in [1.165, 1.54) is 33.6 Å². The number of nitrogens with zero attached hydrogens (tertiary/aromatic N) is 3. The Bertz CT molecular complexity index is 1340. The fourth-order valence-electron chi connectivity index (χ4n) is 3.04. The lowest BCUT2D eigenvalue weighted by atomic mass is 10.1. The van der Waals surface area contributed by atoms with Gasteiger partial charge in [0.15, 0.2) is 5.13 Å². The number of carbonyl (C=O) groups excluding carboxylic acids is 2. The van der Waals surface area contributed by atoms with E-state index in [1.54, 1.807) is 12.3 Å². The number of anilines is 1. The molecule has 0 aliphatic rings. The van der Waals surface area contributed by atoms with Crippen LogP contribution < -0.4 is 10.9 Å². The summed E-state index contributed by atoms with van der Waals surface area (Å²) in [5.74, 6) is -0.787. The zero-order valence-corrected chi connectivity index (χ0v) is 20.1. The van der Waals surface area contributed by atoms with Crippen molar-refractivity contribution in [1.29, 1.82) is 0 Å². The molecule has 0 bridgehead atoms. The summed E-state index contributed by atoms with van der Waals surface area (Å²) >= 11 is 6.00. The lowest BCUT2D eigenvalue weighted by Gasteiger charge is -2.06. The third-order valence-electron chi connectivity index (χ3n) is 4.46. The Hall–Kier alpha value is -2.89. The first-order chi connectivity index (χ1) is 15.4. The van der Waals surface area contributed by atoms with Gasteiger partial charge < -0.3 is 10.1 Å². The highest BCUT2D eigenvalue weighted by Crippen LogP contribution is 2.31. The number of thiophene rings is 1. The summed E-state index contributed by atoms with van der Waals surface area (Å²) in [5.41, 5.74) is 1.92. The van der Waals surface area contributed by atoms with Gasteiger partial charge in [0.25, 0.3) is 5.56 Å². The molecule has 0 fully saturated rings. The van der Waals surface area contributed by atoms with Crippen molar-refractivity contribution in [3.05, 3.63) is 61.9 Å². The molecule has 0 aliphatic heterocycles. The number of ether oxygens (including phenoxy) is 1. The topological polar surface area (TPSA) is 103 Å². The van der Waals surface area contributed by atoms with Gasteiger partial charge in [-0.05, 0) is 24.6 Å². The number of halogens is 1. The van der Waals surface area contributed by atoms with Crippen molar-refractivity contribution in [1.82, 2.24) is 14.5 Å². The molecule has 164 valence electrons. The molecule has 1 aromatic carbocycles. The minimum absolute atomic E-state index is 0.0389. The van der Waals surface area contributed by atoms with Gasteiger partial charge in [-0.15, -0.1) is 22.7 Å². The van der Waals surface area contributed by atoms with E-state index in [-0.39, 0.29) is 24.5 Å². The van der Waals surface area contributed by atoms with E-state index < -0.39 is 5.91 Å². The third kappa shape index (κ3) is 4.95. The van der Waals surface area contributed by atoms with Crippen molar-refractivity contribution in [2.75, 3.05) is 11.9 Å². The van der Waals surface area contributed by atoms with Crippen molar-refractivity contribution in [2.24, 2.45) is 0 Å². The SMILES string of the molecule is CCOC(=O)Cc1csc(NC(=O)Cn2cnc3scc(-c4ccc(Br)cc4)c3c2=O)n1. The summed E-state index contributed by atoms with van der Waals surface area (Å²) in [6.07, 6.45) is 1.41. The molecule has 0 saturated heterocycles. The molecule has 0 radical (unpaired) electrons. The number of esters is 1. The molecule has 11 heteroatoms. The minimum atomic E-state index is -0.411. The third-order valence-corrected chi connectivity index (χ3v) is 6.68. The maximum absolute atomic E-state index is 13.1. The zero-order valence-electron chi connectivity index (χ0n) is 16.8. The molecule has 32 heavy (non-hydrogen) atoms. The van der Waals surface area contributed by atoms with Crippen LogP contribution in [0, 0.1) is 0 Å². The molecule has 0 unspecified atom stereocenters. The molecule has 1 N–H and O–H groups in total. The van der Waals surface area contributed by atoms with Crippen LogP contribution in [0.3, 0.4) is 0 Å². The first-order valence-corrected chi connectivity index (χ1v) is 12.1. The number of hydrogen-bond donors (Lipinski definition) is 1. The summed E-state index contributed by atoms with van der Waals surface area (Å²) in [4.78, 5) is 46.4. The number of carbonyl (C=O) groups is 2. The molecule has 1 amide bonds. The number of amides is 1. The van der Waals surface area contributed by atoms with Crippen LogP contribution in [-0.4, -0.2) is 33.0 Å². The van der Waals surface area contributed by atoms with Crippen LogP contribution in [0.15, 0.2) is 50.6 Å². The van der Waals surface area contributed by atoms with E-state index in [0.29, 0.717) is 27.6 Å². The fourth-order valence-corrected chi connectivity index (χ4v) is 4.94. The van der Waals surface area contributed by atoms with Gasteiger partial charge in [-0.2, -0.15) is 0 Å². The van der Waals surface area contributed by atoms with Crippen LogP contribution in [0.4, 0.5) is 5.13 Å². The number of hydrogen-bond acceptors (Lipinski definition) is 8. The molecular weight excluding hydrogens is 516 g/mol. The van der Waals surface area contributed by atoms with Crippen molar-refractivity contribution in [2.45, 2.75) is 19.9 Å². The van der Waals surface area contributed by atoms with E-state index in [9.17, 15) is 14.4 Å². The summed E-state index contributed by atoms with van der Waals surface area (Å²) in [6, 6.07) is 7.66. The lowest BCUT2D eigenvalue weighted by molar-refractivity contribution is -0.142. The first kappa shape index (κ1) is 22.3. The Labute approximate surface area is 199 Å². The Morgan fingerprint density at radius 1 is 1.19 bits per heavy atom. The predicted octanol–water partition coefficient (Wildman–Crippen LogP) is 4.09. The molecular formula is C21H17BrN4O4S2. The summed E-state index contributed by atoms with van der Waals surface area (Å²) in [6.45, 7) is 1.83. The lowest BCUT2D eigenvalue weighted by Crippen LogP contribution is -2.27. The number of aromatic nitrogens is 3. The van der Waals surface area contributed by atoms with Crippen molar-refractivity contribution in [3.8, 4) is 11.1 Å². The number of benzene rings is 1. The van der Waals surface area contributed by atoms with Gasteiger partial charge in [0, 0.05) is 20.8 Å². The van der Waals surface area contributed by atoms with Gasteiger partial charge in [0.1, 0.15) is 11.4 Å². The van der Waals surface area contributed by atoms with E-state index in [4.69, 9.17) is 4.74 Å². The normalized spacial score (nSPS) is 10.9. The van der Waals surface area contributed by atoms with Crippen LogP contribution in [0.25, 0.3) is 21.3 Å². The number of rotatable bonds is 7. The van der Waals surface area contributed by atoms with Crippen LogP contribution in [0.5, 0.6) is 0 Å². The van der Waals surface area contributed by atoms with Gasteiger partial charge in [-0.3, -0.25) is 19.0 Å². The Balaban J connectivity index is 1.51. The molecule has 0 aliphatic carbocycles. The van der Waals surface area contributed by atoms with Gasteiger partial charge in [0.05, 0.1) is 30.4 Å². The van der Waals surface area contributed by atoms with Crippen LogP contribution >= 0.6 is 38.6 Å². The fraction of sp³-hybridized carbons (Fsp3) is 0.190. The van der Waals surface area contributed by atoms with E-state index in [1.807, 2.05) is 29.6 Å². The second-order valence-electron chi connectivity index (χ2n) is 6.69. The molecule has 3 heterocycles. The molecule has 3 aromatic heterocycles. The van der Waals surface area contributed by atoms with Crippen LogP contribution in [-0.2, 0) is 27.3 Å². The minimum Gasteiger partial charge on any atom is -0.466 e. The van der Waals surface area contributed by atoms with Gasteiger partial charge in [0.2, 0.25) is 5.91 Å². The molecule has 8 nitrogen and oxygen atoms in total. The zero-order chi connectivity index (χ0) is 22.7. The number of fused-ring (bicyclic) bond motifs is 1. The maximum Gasteiger partial charge on any atom is 0.311 e. The smallest absolute Gasteiger partial charge is 0.311 e. The van der Waals surface area contributed by atoms with Gasteiger partial charge in [-0.1, -0.05) is 28.1 Å². The second-order valence-corrected chi connectivity index (χ2v) is 9.32. The number of nitrogens with one attached hydrogen (secondary N) is 1. The van der Waals surface area contributed by atoms with Crippen molar-refractivity contribution >= 4 is 65.8 Å². The summed E-state index contributed by atoms with van der Waals surface area (Å²) in [7, 11) is 0. The van der Waals surface area contributed by atoms with Gasteiger partial charge >= 0.3 is 5.97 Å². The van der Waals surface area contributed by atoms with Gasteiger partial charge in [-0.25, -0.2) is 9.97 Å². The Morgan fingerprint density at radius 3 is 2.72 bits per heavy atom. The molecule has 4 aromatic rings. The van der Waals surface area contributed by atoms with Crippen LogP contribution in [0.1, 0.15) is 12.6 Å². The standard InChI is InChI=1S/C21H17BrN4O4S2/c1-2-30-17(28)7-14-9-32-21(24-14)25-16(27)8-26-11-23-19-18(20(26)29)15(10-31-19)12-3-5-13(22)6-4-12/h3-6,9-11H,2,7-8H2,1H3,(H,24,25,27). The first-order valence-electron chi connectivity index (χ1n) is 9.57. The monoisotopic (exact) mass is 532 g/mol. The highest BCUT2D eigenvalue weighted by atomic mass is 79.9. The van der Waals surface area contributed by atoms with Crippen molar-refractivity contribution in [3.63, 3.8) is 0 Å². The van der Waals surface area contributed by atoms with E-state index in [0.717, 1.165) is 15.6 Å². The average molecular weight is 533 g/mol. The largest absolute Gasteiger partial charge is 0.466 e. The van der Waals surface area contributed by atoms with Crippen LogP contribution in [0.2, 0.25) is 0 Å². The summed E-state index contributed by atoms with van der Waals surface area (Å²) in [5, 5.41) is 7.08. The highest BCUT2D eigenvalue weighted by Gasteiger charge is 2.16. The van der Waals surface area contributed by atoms with Crippen molar-refractivity contribution < 1.29 is 14.3 Å². The molecule has 4 rings (SSSR count). The Kier molecular flexibility index (Phi) is 6.77. The van der Waals surface area contributed by atoms with E-state index in [2.05, 4.69) is 31.2 Å². The average Bonchev–Trinajstić information content (AvgIpc) is 3.38. The highest BCUT2D eigenvalue weighted by molar-refractivity contribution is 9.10. The molecule has 0 saturated carbocycles. The van der Waals surface area contributed by atoms with E-state index >= 15 is 0 Å². The Morgan fingerprint density at radius 2 is 1.97 bits per heavy atom. The molecule has 0 atom stereocenters. The quantitative estimate of drug-likeness (QED) is 0.359. The number of thiazole rings is 1. The predicted molar refractivity (Wildman–Crippen MR) is 128 cm³/mol.